The zero-order chi connectivity index (χ0) is 15.2. The molecule has 0 unspecified atom stereocenters. The third-order valence-electron chi connectivity index (χ3n) is 3.67. The highest BCUT2D eigenvalue weighted by molar-refractivity contribution is 5.92. The van der Waals surface area contributed by atoms with Gasteiger partial charge in [0.1, 0.15) is 5.69 Å². The average molecular weight is 300 g/mol. The second-order valence-corrected chi connectivity index (χ2v) is 5.20. The topological polar surface area (TPSA) is 75.1 Å². The molecule has 2 aromatic heterocycles. The number of piperazine rings is 1. The van der Waals surface area contributed by atoms with Gasteiger partial charge in [-0.3, -0.25) is 14.7 Å². The molecule has 1 aliphatic rings. The molecule has 1 aliphatic heterocycles. The van der Waals surface area contributed by atoms with Gasteiger partial charge in [0.05, 0.1) is 5.69 Å². The van der Waals surface area contributed by atoms with Gasteiger partial charge in [-0.05, 0) is 18.2 Å². The Balaban J connectivity index is 1.54. The van der Waals surface area contributed by atoms with E-state index in [0.29, 0.717) is 12.2 Å². The van der Waals surface area contributed by atoms with Crippen LogP contribution in [0.1, 0.15) is 10.5 Å². The molecule has 1 fully saturated rings. The molecule has 0 radical (unpaired) electrons. The van der Waals surface area contributed by atoms with Crippen LogP contribution in [0.3, 0.4) is 0 Å². The van der Waals surface area contributed by atoms with Crippen LogP contribution in [0.25, 0.3) is 5.69 Å². The molecule has 1 saturated heterocycles. The summed E-state index contributed by atoms with van der Waals surface area (Å²) in [5, 5.41) is 10.4. The minimum absolute atomic E-state index is 0.149. The summed E-state index contributed by atoms with van der Waals surface area (Å²) in [4.78, 5) is 18.6. The summed E-state index contributed by atoms with van der Waals surface area (Å²) < 4.78 is 1.71. The molecule has 2 N–H and O–H groups in total. The molecule has 0 bridgehead atoms. The van der Waals surface area contributed by atoms with Gasteiger partial charge in [0, 0.05) is 57.9 Å². The maximum Gasteiger partial charge on any atom is 0.269 e. The first-order valence-corrected chi connectivity index (χ1v) is 7.50. The summed E-state index contributed by atoms with van der Waals surface area (Å²) in [5.41, 5.74) is 1.24. The highest BCUT2D eigenvalue weighted by atomic mass is 16.1. The van der Waals surface area contributed by atoms with Gasteiger partial charge in [0.2, 0.25) is 0 Å². The Morgan fingerprint density at radius 3 is 2.95 bits per heavy atom. The second kappa shape index (κ2) is 7.15. The summed E-state index contributed by atoms with van der Waals surface area (Å²) in [5.74, 6) is -0.149. The molecule has 3 heterocycles. The van der Waals surface area contributed by atoms with Gasteiger partial charge in [-0.2, -0.15) is 5.10 Å². The number of rotatable bonds is 5. The van der Waals surface area contributed by atoms with E-state index in [9.17, 15) is 4.79 Å². The van der Waals surface area contributed by atoms with E-state index in [1.807, 2.05) is 18.3 Å². The minimum atomic E-state index is -0.149. The smallest absolute Gasteiger partial charge is 0.269 e. The molecule has 2 aromatic rings. The summed E-state index contributed by atoms with van der Waals surface area (Å²) in [6.45, 7) is 5.59. The van der Waals surface area contributed by atoms with Crippen LogP contribution >= 0.6 is 0 Å². The monoisotopic (exact) mass is 300 g/mol. The van der Waals surface area contributed by atoms with Crippen LogP contribution in [0.2, 0.25) is 0 Å². The van der Waals surface area contributed by atoms with E-state index in [4.69, 9.17) is 0 Å². The van der Waals surface area contributed by atoms with Crippen molar-refractivity contribution in [1.82, 2.24) is 30.3 Å². The van der Waals surface area contributed by atoms with Crippen molar-refractivity contribution in [3.05, 3.63) is 42.5 Å². The summed E-state index contributed by atoms with van der Waals surface area (Å²) in [6, 6.07) is 5.41. The number of hydrogen-bond donors (Lipinski definition) is 2. The Morgan fingerprint density at radius 2 is 2.18 bits per heavy atom. The lowest BCUT2D eigenvalue weighted by Crippen LogP contribution is -2.46. The van der Waals surface area contributed by atoms with Crippen molar-refractivity contribution < 1.29 is 4.79 Å². The molecule has 7 heteroatoms. The maximum absolute atomic E-state index is 12.2. The number of amides is 1. The number of aromatic nitrogens is 3. The lowest BCUT2D eigenvalue weighted by atomic mass is 10.3. The number of hydrogen-bond acceptors (Lipinski definition) is 5. The summed E-state index contributed by atoms with van der Waals surface area (Å²) >= 11 is 0. The standard InChI is InChI=1S/C15H20N6O/c22-15(18-7-11-20-9-5-16-6-10-20)14-12-13(2-4-17-14)21-8-1-3-19-21/h1-4,8,12,16H,5-7,9-11H2,(H,18,22). The molecule has 1 amide bonds. The fraction of sp³-hybridized carbons (Fsp3) is 0.400. The van der Waals surface area contributed by atoms with Crippen molar-refractivity contribution >= 4 is 5.91 Å². The number of nitrogens with zero attached hydrogens (tertiary/aromatic N) is 4. The molecular weight excluding hydrogens is 280 g/mol. The number of nitrogens with one attached hydrogen (secondary N) is 2. The highest BCUT2D eigenvalue weighted by Gasteiger charge is 2.11. The average Bonchev–Trinajstić information content (AvgIpc) is 3.10. The van der Waals surface area contributed by atoms with Crippen molar-refractivity contribution in [3.63, 3.8) is 0 Å². The van der Waals surface area contributed by atoms with E-state index < -0.39 is 0 Å². The minimum Gasteiger partial charge on any atom is -0.349 e. The van der Waals surface area contributed by atoms with Crippen molar-refractivity contribution in [1.29, 1.82) is 0 Å². The molecule has 0 atom stereocenters. The van der Waals surface area contributed by atoms with E-state index in [1.54, 1.807) is 23.1 Å². The van der Waals surface area contributed by atoms with Crippen LogP contribution in [0.4, 0.5) is 0 Å². The third kappa shape index (κ3) is 3.69. The van der Waals surface area contributed by atoms with Crippen LogP contribution in [0.5, 0.6) is 0 Å². The molecule has 3 rings (SSSR count). The van der Waals surface area contributed by atoms with Crippen molar-refractivity contribution in [2.45, 2.75) is 0 Å². The van der Waals surface area contributed by atoms with Crippen LogP contribution in [0.15, 0.2) is 36.8 Å². The summed E-state index contributed by atoms with van der Waals surface area (Å²) in [7, 11) is 0. The van der Waals surface area contributed by atoms with Crippen LogP contribution in [-0.4, -0.2) is 64.8 Å². The van der Waals surface area contributed by atoms with E-state index in [2.05, 4.69) is 25.6 Å². The first-order chi connectivity index (χ1) is 10.8. The maximum atomic E-state index is 12.2. The highest BCUT2D eigenvalue weighted by Crippen LogP contribution is 2.06. The fourth-order valence-electron chi connectivity index (χ4n) is 2.46. The molecule has 0 saturated carbocycles. The van der Waals surface area contributed by atoms with Gasteiger partial charge in [-0.1, -0.05) is 0 Å². The molecular formula is C15H20N6O. The lowest BCUT2D eigenvalue weighted by Gasteiger charge is -2.27. The molecule has 0 aromatic carbocycles. The van der Waals surface area contributed by atoms with E-state index in [-0.39, 0.29) is 5.91 Å². The van der Waals surface area contributed by atoms with E-state index in [0.717, 1.165) is 38.4 Å². The number of carbonyl (C=O) groups excluding carboxylic acids is 1. The zero-order valence-electron chi connectivity index (χ0n) is 12.4. The second-order valence-electron chi connectivity index (χ2n) is 5.20. The van der Waals surface area contributed by atoms with E-state index >= 15 is 0 Å². The first kappa shape index (κ1) is 14.7. The van der Waals surface area contributed by atoms with E-state index in [1.165, 1.54) is 0 Å². The molecule has 116 valence electrons. The number of pyridine rings is 1. The van der Waals surface area contributed by atoms with Gasteiger partial charge >= 0.3 is 0 Å². The van der Waals surface area contributed by atoms with Gasteiger partial charge in [0.25, 0.3) is 5.91 Å². The fourth-order valence-corrected chi connectivity index (χ4v) is 2.46. The van der Waals surface area contributed by atoms with Crippen LogP contribution < -0.4 is 10.6 Å². The quantitative estimate of drug-likeness (QED) is 0.807. The Kier molecular flexibility index (Phi) is 4.77. The third-order valence-corrected chi connectivity index (χ3v) is 3.67. The normalized spacial score (nSPS) is 15.6. The van der Waals surface area contributed by atoms with Gasteiger partial charge < -0.3 is 10.6 Å². The van der Waals surface area contributed by atoms with Gasteiger partial charge in [-0.25, -0.2) is 4.68 Å². The molecule has 0 aliphatic carbocycles. The zero-order valence-corrected chi connectivity index (χ0v) is 12.4. The molecule has 22 heavy (non-hydrogen) atoms. The molecule has 7 nitrogen and oxygen atoms in total. The first-order valence-electron chi connectivity index (χ1n) is 7.50. The Morgan fingerprint density at radius 1 is 1.32 bits per heavy atom. The van der Waals surface area contributed by atoms with Crippen molar-refractivity contribution in [3.8, 4) is 5.69 Å². The lowest BCUT2D eigenvalue weighted by molar-refractivity contribution is 0.0942. The van der Waals surface area contributed by atoms with Gasteiger partial charge in [-0.15, -0.1) is 0 Å². The number of carbonyl (C=O) groups is 1. The van der Waals surface area contributed by atoms with Crippen molar-refractivity contribution in [2.75, 3.05) is 39.3 Å². The molecule has 0 spiro atoms. The largest absolute Gasteiger partial charge is 0.349 e. The predicted molar refractivity (Wildman–Crippen MR) is 83.0 cm³/mol. The summed E-state index contributed by atoms with van der Waals surface area (Å²) in [6.07, 6.45) is 5.16. The predicted octanol–water partition coefficient (Wildman–Crippen LogP) is -0.0977. The van der Waals surface area contributed by atoms with Crippen LogP contribution in [-0.2, 0) is 0 Å². The van der Waals surface area contributed by atoms with Crippen molar-refractivity contribution in [2.24, 2.45) is 0 Å². The Hall–Kier alpha value is -2.25. The van der Waals surface area contributed by atoms with Gasteiger partial charge in [0.15, 0.2) is 0 Å². The van der Waals surface area contributed by atoms with Crippen LogP contribution in [0, 0.1) is 0 Å². The SMILES string of the molecule is O=C(NCCN1CCNCC1)c1cc(-n2cccn2)ccn1. The Labute approximate surface area is 129 Å². The Bertz CT molecular complexity index is 606.